The van der Waals surface area contributed by atoms with Crippen molar-refractivity contribution in [2.75, 3.05) is 14.2 Å². The van der Waals surface area contributed by atoms with E-state index in [9.17, 15) is 0 Å². The second kappa shape index (κ2) is 5.47. The average molecular weight is 276 g/mol. The maximum atomic E-state index is 6.28. The molecule has 1 rings (SSSR count). The van der Waals surface area contributed by atoms with Gasteiger partial charge in [0.25, 0.3) is 0 Å². The van der Waals surface area contributed by atoms with Gasteiger partial charge in [0.2, 0.25) is 0 Å². The average Bonchev–Trinajstić information content (AvgIpc) is 2.21. The lowest BCUT2D eigenvalue weighted by Crippen LogP contribution is -2.29. The Labute approximate surface area is 113 Å². The molecule has 1 atom stereocenters. The topological polar surface area (TPSA) is 21.3 Å². The fourth-order valence-electron chi connectivity index (χ4n) is 1.98. The van der Waals surface area contributed by atoms with Crippen LogP contribution in [0.3, 0.4) is 0 Å². The molecule has 0 saturated heterocycles. The van der Waals surface area contributed by atoms with Crippen LogP contribution in [0.15, 0.2) is 12.1 Å². The quantitative estimate of drug-likeness (QED) is 0.888. The Kier molecular flexibility index (Phi) is 4.70. The maximum Gasteiger partial charge on any atom is 0.138 e. The highest BCUT2D eigenvalue weighted by Gasteiger charge is 2.27. The monoisotopic (exact) mass is 275 g/mol. The first kappa shape index (κ1) is 14.6. The van der Waals surface area contributed by atoms with E-state index in [4.69, 9.17) is 27.9 Å². The van der Waals surface area contributed by atoms with Crippen LogP contribution in [-0.4, -0.2) is 14.2 Å². The molecule has 0 amide bonds. The number of rotatable bonds is 3. The highest BCUT2D eigenvalue weighted by molar-refractivity contribution is 6.34. The summed E-state index contributed by atoms with van der Waals surface area (Å²) in [7, 11) is 3.50. The standard InChI is InChI=1S/C13H19Cl2NO/c1-13(2,3)12(16-4)8-6-10(15)11(17-5)7-9(8)14/h6-7,12,16H,1-5H3. The van der Waals surface area contributed by atoms with E-state index in [2.05, 4.69) is 26.1 Å². The van der Waals surface area contributed by atoms with Crippen LogP contribution in [0.25, 0.3) is 0 Å². The van der Waals surface area contributed by atoms with Gasteiger partial charge in [-0.3, -0.25) is 0 Å². The van der Waals surface area contributed by atoms with E-state index in [-0.39, 0.29) is 11.5 Å². The third-order valence-electron chi connectivity index (χ3n) is 2.74. The van der Waals surface area contributed by atoms with Crippen molar-refractivity contribution >= 4 is 23.2 Å². The normalized spacial score (nSPS) is 13.6. The van der Waals surface area contributed by atoms with Crippen LogP contribution in [0.2, 0.25) is 10.0 Å². The van der Waals surface area contributed by atoms with E-state index in [1.807, 2.05) is 13.1 Å². The molecular formula is C13H19Cl2NO. The van der Waals surface area contributed by atoms with Crippen molar-refractivity contribution in [1.29, 1.82) is 0 Å². The lowest BCUT2D eigenvalue weighted by Gasteiger charge is -2.31. The van der Waals surface area contributed by atoms with Crippen LogP contribution in [0, 0.1) is 5.41 Å². The van der Waals surface area contributed by atoms with E-state index >= 15 is 0 Å². The fourth-order valence-corrected chi connectivity index (χ4v) is 2.49. The zero-order valence-corrected chi connectivity index (χ0v) is 12.4. The highest BCUT2D eigenvalue weighted by atomic mass is 35.5. The molecule has 0 spiro atoms. The van der Waals surface area contributed by atoms with E-state index in [1.165, 1.54) is 0 Å². The Morgan fingerprint density at radius 3 is 2.18 bits per heavy atom. The maximum absolute atomic E-state index is 6.28. The molecule has 1 N–H and O–H groups in total. The summed E-state index contributed by atoms with van der Waals surface area (Å²) in [5, 5.41) is 4.53. The molecule has 96 valence electrons. The molecular weight excluding hydrogens is 257 g/mol. The SMILES string of the molecule is CNC(c1cc(Cl)c(OC)cc1Cl)C(C)(C)C. The van der Waals surface area contributed by atoms with Crippen molar-refractivity contribution < 1.29 is 4.74 Å². The summed E-state index contributed by atoms with van der Waals surface area (Å²) in [5.41, 5.74) is 1.04. The molecule has 0 aliphatic heterocycles. The Balaban J connectivity index is 3.26. The molecule has 0 aliphatic rings. The molecule has 0 radical (unpaired) electrons. The van der Waals surface area contributed by atoms with Gasteiger partial charge in [0, 0.05) is 17.1 Å². The number of methoxy groups -OCH3 is 1. The zero-order valence-electron chi connectivity index (χ0n) is 10.9. The van der Waals surface area contributed by atoms with Gasteiger partial charge >= 0.3 is 0 Å². The number of nitrogens with one attached hydrogen (secondary N) is 1. The van der Waals surface area contributed by atoms with Gasteiger partial charge in [0.05, 0.1) is 12.1 Å². The van der Waals surface area contributed by atoms with E-state index < -0.39 is 0 Å². The number of benzene rings is 1. The molecule has 1 aromatic carbocycles. The van der Waals surface area contributed by atoms with E-state index in [1.54, 1.807) is 13.2 Å². The minimum atomic E-state index is 0.0519. The number of hydrogen-bond donors (Lipinski definition) is 1. The molecule has 0 heterocycles. The van der Waals surface area contributed by atoms with Crippen molar-refractivity contribution in [3.63, 3.8) is 0 Å². The minimum Gasteiger partial charge on any atom is -0.495 e. The smallest absolute Gasteiger partial charge is 0.138 e. The predicted octanol–water partition coefficient (Wildman–Crippen LogP) is 4.31. The summed E-state index contributed by atoms with van der Waals surface area (Å²) < 4.78 is 5.14. The van der Waals surface area contributed by atoms with Gasteiger partial charge in [-0.05, 0) is 24.1 Å². The van der Waals surface area contributed by atoms with Gasteiger partial charge in [0.1, 0.15) is 5.75 Å². The molecule has 1 aromatic rings. The first-order chi connectivity index (χ1) is 7.81. The van der Waals surface area contributed by atoms with Crippen molar-refractivity contribution in [3.05, 3.63) is 27.7 Å². The van der Waals surface area contributed by atoms with Gasteiger partial charge in [-0.1, -0.05) is 44.0 Å². The summed E-state index contributed by atoms with van der Waals surface area (Å²) in [4.78, 5) is 0. The van der Waals surface area contributed by atoms with Crippen LogP contribution < -0.4 is 10.1 Å². The van der Waals surface area contributed by atoms with Crippen molar-refractivity contribution in [3.8, 4) is 5.75 Å². The number of ether oxygens (including phenoxy) is 1. The molecule has 4 heteroatoms. The van der Waals surface area contributed by atoms with Gasteiger partial charge in [-0.2, -0.15) is 0 Å². The third-order valence-corrected chi connectivity index (χ3v) is 3.36. The van der Waals surface area contributed by atoms with Gasteiger partial charge in [-0.25, -0.2) is 0 Å². The Bertz CT molecular complexity index is 399. The summed E-state index contributed by atoms with van der Waals surface area (Å²) in [6.45, 7) is 6.47. The van der Waals surface area contributed by atoms with E-state index in [0.29, 0.717) is 15.8 Å². The van der Waals surface area contributed by atoms with Crippen molar-refractivity contribution in [2.24, 2.45) is 5.41 Å². The lowest BCUT2D eigenvalue weighted by molar-refractivity contribution is 0.287. The second-order valence-corrected chi connectivity index (χ2v) is 5.91. The van der Waals surface area contributed by atoms with Crippen LogP contribution >= 0.6 is 23.2 Å². The molecule has 0 aromatic heterocycles. The van der Waals surface area contributed by atoms with Gasteiger partial charge < -0.3 is 10.1 Å². The van der Waals surface area contributed by atoms with Crippen LogP contribution in [0.1, 0.15) is 32.4 Å². The van der Waals surface area contributed by atoms with Crippen molar-refractivity contribution in [1.82, 2.24) is 5.32 Å². The minimum absolute atomic E-state index is 0.0519. The summed E-state index contributed by atoms with van der Waals surface area (Å²) in [6.07, 6.45) is 0. The fraction of sp³-hybridized carbons (Fsp3) is 0.538. The number of halogens is 2. The zero-order chi connectivity index (χ0) is 13.2. The molecule has 0 aliphatic carbocycles. The molecule has 0 saturated carbocycles. The second-order valence-electron chi connectivity index (χ2n) is 5.10. The van der Waals surface area contributed by atoms with Gasteiger partial charge in [-0.15, -0.1) is 0 Å². The predicted molar refractivity (Wildman–Crippen MR) is 74.3 cm³/mol. The molecule has 0 fully saturated rings. The van der Waals surface area contributed by atoms with Crippen LogP contribution in [0.4, 0.5) is 0 Å². The highest BCUT2D eigenvalue weighted by Crippen LogP contribution is 2.40. The largest absolute Gasteiger partial charge is 0.495 e. The molecule has 17 heavy (non-hydrogen) atoms. The summed E-state index contributed by atoms with van der Waals surface area (Å²) in [6, 6.07) is 3.77. The third kappa shape index (κ3) is 3.27. The molecule has 2 nitrogen and oxygen atoms in total. The summed E-state index contributed by atoms with van der Waals surface area (Å²) in [5.74, 6) is 0.601. The molecule has 0 bridgehead atoms. The first-order valence-corrected chi connectivity index (χ1v) is 6.27. The Hall–Kier alpha value is -0.440. The van der Waals surface area contributed by atoms with Crippen molar-refractivity contribution in [2.45, 2.75) is 26.8 Å². The number of hydrogen-bond acceptors (Lipinski definition) is 2. The molecule has 1 unspecified atom stereocenters. The Morgan fingerprint density at radius 1 is 1.18 bits per heavy atom. The van der Waals surface area contributed by atoms with Crippen LogP contribution in [0.5, 0.6) is 5.75 Å². The van der Waals surface area contributed by atoms with Gasteiger partial charge in [0.15, 0.2) is 0 Å². The van der Waals surface area contributed by atoms with Crippen LogP contribution in [-0.2, 0) is 0 Å². The lowest BCUT2D eigenvalue weighted by atomic mass is 9.82. The Morgan fingerprint density at radius 2 is 1.76 bits per heavy atom. The first-order valence-electron chi connectivity index (χ1n) is 5.51. The summed E-state index contributed by atoms with van der Waals surface area (Å²) >= 11 is 12.4. The van der Waals surface area contributed by atoms with E-state index in [0.717, 1.165) is 5.56 Å².